The molecule has 9 heteroatoms. The quantitative estimate of drug-likeness (QED) is 0.418. The van der Waals surface area contributed by atoms with Crippen LogP contribution in [0.25, 0.3) is 0 Å². The molecule has 172 valence electrons. The minimum Gasteiger partial charge on any atom is -0.454 e. The Morgan fingerprint density at radius 2 is 1.82 bits per heavy atom. The first-order valence-electron chi connectivity index (χ1n) is 10.6. The van der Waals surface area contributed by atoms with Gasteiger partial charge in [0.1, 0.15) is 5.25 Å². The highest BCUT2D eigenvalue weighted by Gasteiger charge is 2.36. The summed E-state index contributed by atoms with van der Waals surface area (Å²) in [6.45, 7) is 0.509. The van der Waals surface area contributed by atoms with Crippen LogP contribution in [0.5, 0.6) is 11.5 Å². The van der Waals surface area contributed by atoms with Crippen molar-refractivity contribution in [3.8, 4) is 11.5 Å². The molecule has 2 aliphatic heterocycles. The first-order chi connectivity index (χ1) is 16.5. The molecule has 3 aromatic carbocycles. The van der Waals surface area contributed by atoms with E-state index >= 15 is 0 Å². The van der Waals surface area contributed by atoms with Gasteiger partial charge >= 0.3 is 0 Å². The summed E-state index contributed by atoms with van der Waals surface area (Å²) in [6, 6.07) is 22.6. The van der Waals surface area contributed by atoms with E-state index in [1.807, 2.05) is 72.8 Å². The van der Waals surface area contributed by atoms with Gasteiger partial charge in [0.25, 0.3) is 0 Å². The van der Waals surface area contributed by atoms with Crippen molar-refractivity contribution in [2.45, 2.75) is 18.2 Å². The number of benzene rings is 3. The largest absolute Gasteiger partial charge is 0.454 e. The number of para-hydroxylation sites is 1. The second-order valence-corrected chi connectivity index (χ2v) is 10.1. The molecule has 5 rings (SSSR count). The van der Waals surface area contributed by atoms with Gasteiger partial charge in [0, 0.05) is 15.7 Å². The molecule has 0 bridgehead atoms. The third-order valence-electron chi connectivity index (χ3n) is 5.30. The molecule has 2 heterocycles. The zero-order chi connectivity index (χ0) is 23.5. The molecule has 1 unspecified atom stereocenters. The standard InChI is InChI=1S/C25H20IN3O4S/c26-17-7-9-19(10-8-17)27-24(31)22-13-23(30)29(25(34-22)28-18-4-2-1-3-5-18)14-16-6-11-20-21(12-16)33-15-32-20/h1-12,22H,13-15H2,(H,27,31). The van der Waals surface area contributed by atoms with Gasteiger partial charge in [-0.05, 0) is 76.7 Å². The first-order valence-corrected chi connectivity index (χ1v) is 12.6. The number of ether oxygens (including phenoxy) is 2. The average Bonchev–Trinajstić information content (AvgIpc) is 3.31. The van der Waals surface area contributed by atoms with Crippen molar-refractivity contribution in [1.82, 2.24) is 4.90 Å². The zero-order valence-corrected chi connectivity index (χ0v) is 20.9. The van der Waals surface area contributed by atoms with Crippen LogP contribution < -0.4 is 14.8 Å². The van der Waals surface area contributed by atoms with Gasteiger partial charge < -0.3 is 14.8 Å². The summed E-state index contributed by atoms with van der Waals surface area (Å²) in [5.74, 6) is 0.969. The molecule has 0 aromatic heterocycles. The van der Waals surface area contributed by atoms with Crippen LogP contribution in [0, 0.1) is 3.57 Å². The van der Waals surface area contributed by atoms with Crippen molar-refractivity contribution in [1.29, 1.82) is 0 Å². The summed E-state index contributed by atoms with van der Waals surface area (Å²) in [5, 5.41) is 2.82. The Morgan fingerprint density at radius 1 is 1.06 bits per heavy atom. The fourth-order valence-corrected chi connectivity index (χ4v) is 5.05. The molecule has 1 fully saturated rings. The van der Waals surface area contributed by atoms with Gasteiger partial charge in [-0.2, -0.15) is 0 Å². The Balaban J connectivity index is 1.39. The molecule has 2 aliphatic rings. The predicted molar refractivity (Wildman–Crippen MR) is 140 cm³/mol. The summed E-state index contributed by atoms with van der Waals surface area (Å²) < 4.78 is 11.9. The van der Waals surface area contributed by atoms with Gasteiger partial charge in [-0.3, -0.25) is 14.5 Å². The predicted octanol–water partition coefficient (Wildman–Crippen LogP) is 5.18. The smallest absolute Gasteiger partial charge is 0.238 e. The highest BCUT2D eigenvalue weighted by molar-refractivity contribution is 14.1. The Morgan fingerprint density at radius 3 is 2.62 bits per heavy atom. The fraction of sp³-hybridized carbons (Fsp3) is 0.160. The zero-order valence-electron chi connectivity index (χ0n) is 17.9. The first kappa shape index (κ1) is 22.7. The number of hydrogen-bond acceptors (Lipinski definition) is 6. The summed E-state index contributed by atoms with van der Waals surface area (Å²) in [6.07, 6.45) is 0.0826. The Bertz CT molecular complexity index is 1250. The van der Waals surface area contributed by atoms with Gasteiger partial charge in [0.15, 0.2) is 16.7 Å². The maximum Gasteiger partial charge on any atom is 0.238 e. The number of rotatable bonds is 5. The number of aliphatic imine (C=N–C) groups is 1. The molecule has 0 spiro atoms. The molecule has 7 nitrogen and oxygen atoms in total. The number of halogens is 1. The molecule has 34 heavy (non-hydrogen) atoms. The number of carbonyl (C=O) groups is 2. The van der Waals surface area contributed by atoms with E-state index in [1.54, 1.807) is 4.90 Å². The summed E-state index contributed by atoms with van der Waals surface area (Å²) >= 11 is 3.51. The lowest BCUT2D eigenvalue weighted by atomic mass is 10.1. The van der Waals surface area contributed by atoms with Crippen LogP contribution in [0.4, 0.5) is 11.4 Å². The number of hydrogen-bond donors (Lipinski definition) is 1. The molecule has 1 saturated heterocycles. The molecule has 1 N–H and O–H groups in total. The van der Waals surface area contributed by atoms with Gasteiger partial charge in [0.2, 0.25) is 18.6 Å². The number of amidine groups is 1. The van der Waals surface area contributed by atoms with E-state index in [-0.39, 0.29) is 25.0 Å². The van der Waals surface area contributed by atoms with E-state index in [0.29, 0.717) is 34.6 Å². The van der Waals surface area contributed by atoms with Gasteiger partial charge in [-0.1, -0.05) is 36.0 Å². The normalized spacial score (nSPS) is 18.3. The lowest BCUT2D eigenvalue weighted by Gasteiger charge is -2.32. The average molecular weight is 585 g/mol. The van der Waals surface area contributed by atoms with Crippen LogP contribution in [-0.4, -0.2) is 33.9 Å². The molecule has 2 amide bonds. The van der Waals surface area contributed by atoms with Crippen LogP contribution in [0.1, 0.15) is 12.0 Å². The molecule has 0 saturated carbocycles. The van der Waals surface area contributed by atoms with Crippen LogP contribution in [-0.2, 0) is 16.1 Å². The van der Waals surface area contributed by atoms with E-state index in [4.69, 9.17) is 14.5 Å². The fourth-order valence-electron chi connectivity index (χ4n) is 3.59. The SMILES string of the molecule is O=C(Nc1ccc(I)cc1)C1CC(=O)N(Cc2ccc3c(c2)OCO3)C(=Nc2ccccc2)S1. The van der Waals surface area contributed by atoms with Crippen molar-refractivity contribution >= 4 is 62.7 Å². The number of carbonyl (C=O) groups excluding carboxylic acids is 2. The molecule has 3 aromatic rings. The summed E-state index contributed by atoms with van der Waals surface area (Å²) in [4.78, 5) is 32.6. The second-order valence-electron chi connectivity index (χ2n) is 7.70. The van der Waals surface area contributed by atoms with Crippen molar-refractivity contribution in [3.05, 3.63) is 81.9 Å². The minimum absolute atomic E-state index is 0.0826. The lowest BCUT2D eigenvalue weighted by Crippen LogP contribution is -2.44. The third kappa shape index (κ3) is 5.20. The molecular formula is C25H20IN3O4S. The van der Waals surface area contributed by atoms with Gasteiger partial charge in [-0.15, -0.1) is 0 Å². The van der Waals surface area contributed by atoms with Crippen LogP contribution >= 0.6 is 34.4 Å². The maximum atomic E-state index is 13.2. The van der Waals surface area contributed by atoms with E-state index in [0.717, 1.165) is 9.13 Å². The minimum atomic E-state index is -0.581. The monoisotopic (exact) mass is 585 g/mol. The van der Waals surface area contributed by atoms with Crippen LogP contribution in [0.15, 0.2) is 77.8 Å². The van der Waals surface area contributed by atoms with Crippen molar-refractivity contribution in [2.75, 3.05) is 12.1 Å². The maximum absolute atomic E-state index is 13.2. The van der Waals surface area contributed by atoms with Crippen molar-refractivity contribution < 1.29 is 19.1 Å². The highest BCUT2D eigenvalue weighted by atomic mass is 127. The van der Waals surface area contributed by atoms with E-state index in [1.165, 1.54) is 11.8 Å². The van der Waals surface area contributed by atoms with E-state index < -0.39 is 5.25 Å². The molecule has 1 atom stereocenters. The summed E-state index contributed by atoms with van der Waals surface area (Å²) in [7, 11) is 0. The van der Waals surface area contributed by atoms with E-state index in [2.05, 4.69) is 27.9 Å². The highest BCUT2D eigenvalue weighted by Crippen LogP contribution is 2.35. The molecule has 0 aliphatic carbocycles. The Kier molecular flexibility index (Phi) is 6.73. The number of nitrogens with one attached hydrogen (secondary N) is 1. The number of nitrogens with zero attached hydrogens (tertiary/aromatic N) is 2. The number of fused-ring (bicyclic) bond motifs is 1. The topological polar surface area (TPSA) is 80.2 Å². The van der Waals surface area contributed by atoms with Gasteiger partial charge in [0.05, 0.1) is 12.2 Å². The second kappa shape index (κ2) is 10.1. The Hall–Kier alpha value is -3.05. The summed E-state index contributed by atoms with van der Waals surface area (Å²) in [5.41, 5.74) is 2.30. The third-order valence-corrected chi connectivity index (χ3v) is 7.21. The number of amides is 2. The number of thioether (sulfide) groups is 1. The lowest BCUT2D eigenvalue weighted by molar-refractivity contribution is -0.129. The molecule has 0 radical (unpaired) electrons. The van der Waals surface area contributed by atoms with Gasteiger partial charge in [-0.25, -0.2) is 4.99 Å². The van der Waals surface area contributed by atoms with Crippen LogP contribution in [0.3, 0.4) is 0 Å². The van der Waals surface area contributed by atoms with Crippen molar-refractivity contribution in [3.63, 3.8) is 0 Å². The van der Waals surface area contributed by atoms with Crippen molar-refractivity contribution in [2.24, 2.45) is 4.99 Å². The number of anilines is 1. The molecular weight excluding hydrogens is 565 g/mol. The Labute approximate surface area is 214 Å². The van der Waals surface area contributed by atoms with Crippen LogP contribution in [0.2, 0.25) is 0 Å². The van der Waals surface area contributed by atoms with E-state index in [9.17, 15) is 9.59 Å².